The highest BCUT2D eigenvalue weighted by Gasteiger charge is 2.45. The molecule has 2 unspecified atom stereocenters. The van der Waals surface area contributed by atoms with Crippen LogP contribution in [0.25, 0.3) is 0 Å². The summed E-state index contributed by atoms with van der Waals surface area (Å²) in [4.78, 5) is 0. The van der Waals surface area contributed by atoms with Crippen molar-refractivity contribution in [2.45, 2.75) is 28.5 Å². The Morgan fingerprint density at radius 3 is 2.38 bits per heavy atom. The van der Waals surface area contributed by atoms with Crippen LogP contribution in [0.15, 0.2) is 0 Å². The number of rotatable bonds is 3. The average molecular weight is 304 g/mol. The van der Waals surface area contributed by atoms with Crippen LogP contribution in [0.1, 0.15) is 0 Å². The Labute approximate surface area is 89.8 Å². The Kier molecular flexibility index (Phi) is 4.33. The van der Waals surface area contributed by atoms with E-state index in [-0.39, 0.29) is 6.61 Å². The van der Waals surface area contributed by atoms with Gasteiger partial charge in [0.1, 0.15) is 28.5 Å². The third-order valence-electron chi connectivity index (χ3n) is 2.09. The van der Waals surface area contributed by atoms with Gasteiger partial charge >= 0.3 is 0 Å². The fraction of sp³-hybridized carbons (Fsp3) is 1.00. The SMILES string of the molecule is CO[C@H](CO)[C@@H]1O[C@@H](I)C(O)C1O. The lowest BCUT2D eigenvalue weighted by Crippen LogP contribution is -2.41. The van der Waals surface area contributed by atoms with E-state index in [4.69, 9.17) is 14.6 Å². The summed E-state index contributed by atoms with van der Waals surface area (Å²) in [5.41, 5.74) is 0. The number of ether oxygens (including phenoxy) is 2. The first kappa shape index (κ1) is 11.6. The van der Waals surface area contributed by atoms with Gasteiger partial charge in [-0.15, -0.1) is 0 Å². The second-order valence-corrected chi connectivity index (χ2v) is 4.12. The van der Waals surface area contributed by atoms with E-state index in [9.17, 15) is 10.2 Å². The Morgan fingerprint density at radius 1 is 1.46 bits per heavy atom. The van der Waals surface area contributed by atoms with Crippen molar-refractivity contribution >= 4 is 22.6 Å². The highest BCUT2D eigenvalue weighted by molar-refractivity contribution is 14.1. The van der Waals surface area contributed by atoms with E-state index in [2.05, 4.69) is 0 Å². The molecule has 6 heteroatoms. The number of alkyl halides is 1. The highest BCUT2D eigenvalue weighted by Crippen LogP contribution is 2.28. The summed E-state index contributed by atoms with van der Waals surface area (Å²) >= 11 is 1.88. The van der Waals surface area contributed by atoms with Gasteiger partial charge in [0.25, 0.3) is 0 Å². The van der Waals surface area contributed by atoms with E-state index in [1.165, 1.54) is 7.11 Å². The van der Waals surface area contributed by atoms with Gasteiger partial charge in [0.2, 0.25) is 0 Å². The summed E-state index contributed by atoms with van der Waals surface area (Å²) in [6, 6.07) is 0. The first-order valence-corrected chi connectivity index (χ1v) is 5.15. The summed E-state index contributed by atoms with van der Waals surface area (Å²) < 4.78 is 9.68. The molecule has 3 N–H and O–H groups in total. The maximum atomic E-state index is 9.49. The van der Waals surface area contributed by atoms with Gasteiger partial charge in [-0.2, -0.15) is 0 Å². The number of halogens is 1. The molecule has 0 aromatic heterocycles. The smallest absolute Gasteiger partial charge is 0.137 e. The highest BCUT2D eigenvalue weighted by atomic mass is 127. The Morgan fingerprint density at radius 2 is 2.08 bits per heavy atom. The maximum absolute atomic E-state index is 9.49. The lowest BCUT2D eigenvalue weighted by atomic mass is 10.1. The predicted molar refractivity (Wildman–Crippen MR) is 52.6 cm³/mol. The predicted octanol–water partition coefficient (Wildman–Crippen LogP) is -1.12. The molecule has 1 aliphatic heterocycles. The van der Waals surface area contributed by atoms with Crippen molar-refractivity contribution in [2.24, 2.45) is 0 Å². The van der Waals surface area contributed by atoms with Crippen LogP contribution in [0.5, 0.6) is 0 Å². The minimum atomic E-state index is -1.00. The molecule has 1 rings (SSSR count). The van der Waals surface area contributed by atoms with Gasteiger partial charge in [-0.1, -0.05) is 0 Å². The van der Waals surface area contributed by atoms with Crippen molar-refractivity contribution in [3.8, 4) is 0 Å². The summed E-state index contributed by atoms with van der Waals surface area (Å²) in [6.45, 7) is -0.242. The molecular formula is C7H13IO5. The lowest BCUT2D eigenvalue weighted by Gasteiger charge is -2.22. The van der Waals surface area contributed by atoms with Crippen LogP contribution in [0.3, 0.4) is 0 Å². The van der Waals surface area contributed by atoms with E-state index in [0.717, 1.165) is 0 Å². The van der Waals surface area contributed by atoms with Gasteiger partial charge in [-0.05, 0) is 22.6 Å². The largest absolute Gasteiger partial charge is 0.394 e. The molecule has 5 atom stereocenters. The zero-order valence-corrected chi connectivity index (χ0v) is 9.29. The molecule has 0 aliphatic carbocycles. The van der Waals surface area contributed by atoms with Gasteiger partial charge in [0.15, 0.2) is 0 Å². The van der Waals surface area contributed by atoms with Crippen molar-refractivity contribution in [2.75, 3.05) is 13.7 Å². The van der Waals surface area contributed by atoms with Crippen molar-refractivity contribution in [1.29, 1.82) is 0 Å². The molecule has 5 nitrogen and oxygen atoms in total. The number of hydrogen-bond donors (Lipinski definition) is 3. The van der Waals surface area contributed by atoms with Gasteiger partial charge in [-0.25, -0.2) is 0 Å². The molecule has 1 heterocycles. The second kappa shape index (κ2) is 4.85. The molecule has 0 aromatic carbocycles. The van der Waals surface area contributed by atoms with Crippen molar-refractivity contribution in [3.05, 3.63) is 0 Å². The van der Waals surface area contributed by atoms with Crippen LogP contribution in [-0.2, 0) is 9.47 Å². The molecular weight excluding hydrogens is 291 g/mol. The topological polar surface area (TPSA) is 79.2 Å². The minimum absolute atomic E-state index is 0.242. The maximum Gasteiger partial charge on any atom is 0.137 e. The standard InChI is InChI=1S/C7H13IO5/c1-12-3(2-9)6-4(10)5(11)7(8)13-6/h3-7,9-11H,2H2,1H3/t3-,4?,5?,6+,7-/m1/s1. The minimum Gasteiger partial charge on any atom is -0.394 e. The molecule has 0 aromatic rings. The normalized spacial score (nSPS) is 42.2. The zero-order chi connectivity index (χ0) is 10.0. The van der Waals surface area contributed by atoms with Gasteiger partial charge < -0.3 is 24.8 Å². The van der Waals surface area contributed by atoms with E-state index >= 15 is 0 Å². The van der Waals surface area contributed by atoms with E-state index in [1.807, 2.05) is 22.6 Å². The molecule has 1 aliphatic rings. The van der Waals surface area contributed by atoms with Crippen LogP contribution >= 0.6 is 22.6 Å². The molecule has 13 heavy (non-hydrogen) atoms. The number of aliphatic hydroxyl groups is 3. The summed E-state index contributed by atoms with van der Waals surface area (Å²) in [5.74, 6) is 0. The third-order valence-corrected chi connectivity index (χ3v) is 3.12. The fourth-order valence-corrected chi connectivity index (χ4v) is 2.05. The molecule has 0 spiro atoms. The van der Waals surface area contributed by atoms with Crippen LogP contribution in [0.2, 0.25) is 0 Å². The quantitative estimate of drug-likeness (QED) is 0.454. The van der Waals surface area contributed by atoms with Crippen molar-refractivity contribution in [3.63, 3.8) is 0 Å². The van der Waals surface area contributed by atoms with Crippen molar-refractivity contribution < 1.29 is 24.8 Å². The summed E-state index contributed by atoms with van der Waals surface area (Å²) in [7, 11) is 1.42. The Balaban J connectivity index is 2.61. The monoisotopic (exact) mass is 304 g/mol. The van der Waals surface area contributed by atoms with Crippen LogP contribution < -0.4 is 0 Å². The van der Waals surface area contributed by atoms with E-state index in [1.54, 1.807) is 0 Å². The Bertz CT molecular complexity index is 161. The van der Waals surface area contributed by atoms with E-state index < -0.39 is 28.5 Å². The van der Waals surface area contributed by atoms with Crippen LogP contribution in [-0.4, -0.2) is 57.6 Å². The molecule has 0 bridgehead atoms. The first-order valence-electron chi connectivity index (χ1n) is 3.91. The summed E-state index contributed by atoms with van der Waals surface area (Å²) in [5, 5.41) is 27.7. The third kappa shape index (κ3) is 2.31. The van der Waals surface area contributed by atoms with E-state index in [0.29, 0.717) is 0 Å². The number of hydrogen-bond acceptors (Lipinski definition) is 5. The molecule has 78 valence electrons. The van der Waals surface area contributed by atoms with Crippen molar-refractivity contribution in [1.82, 2.24) is 0 Å². The number of aliphatic hydroxyl groups excluding tert-OH is 3. The summed E-state index contributed by atoms with van der Waals surface area (Å²) in [6.07, 6.45) is -3.18. The molecule has 0 amide bonds. The zero-order valence-electron chi connectivity index (χ0n) is 7.13. The first-order chi connectivity index (χ1) is 6.11. The number of methoxy groups -OCH3 is 1. The molecule has 0 saturated carbocycles. The molecule has 1 saturated heterocycles. The molecule has 0 radical (unpaired) electrons. The second-order valence-electron chi connectivity index (χ2n) is 2.89. The Hall–Kier alpha value is 0.530. The van der Waals surface area contributed by atoms with Gasteiger partial charge in [0.05, 0.1) is 6.61 Å². The average Bonchev–Trinajstić information content (AvgIpc) is 2.36. The van der Waals surface area contributed by atoms with Gasteiger partial charge in [0, 0.05) is 7.11 Å². The molecule has 1 fully saturated rings. The lowest BCUT2D eigenvalue weighted by molar-refractivity contribution is -0.0869. The van der Waals surface area contributed by atoms with Crippen LogP contribution in [0.4, 0.5) is 0 Å². The fourth-order valence-electron chi connectivity index (χ4n) is 1.28. The van der Waals surface area contributed by atoms with Gasteiger partial charge in [-0.3, -0.25) is 0 Å². The van der Waals surface area contributed by atoms with Crippen LogP contribution in [0, 0.1) is 0 Å².